The van der Waals surface area contributed by atoms with Crippen molar-refractivity contribution in [1.29, 1.82) is 0 Å². The van der Waals surface area contributed by atoms with Crippen LogP contribution in [0.15, 0.2) is 66.7 Å². The van der Waals surface area contributed by atoms with E-state index in [-0.39, 0.29) is 36.4 Å². The Hall–Kier alpha value is -4.53. The molecule has 1 heterocycles. The van der Waals surface area contributed by atoms with Crippen LogP contribution in [0.5, 0.6) is 5.75 Å². The maximum Gasteiger partial charge on any atom is 0.303 e. The molecule has 0 radical (unpaired) electrons. The molecule has 190 valence electrons. The fourth-order valence-corrected chi connectivity index (χ4v) is 3.95. The SMILES string of the molecule is O=C(O)CCCCOc1ccc(CC(=O)Nc2ccc3c(c2)C(=O)N(Cc2ccc(F)cc2)C3=O)cc1. The van der Waals surface area contributed by atoms with Crippen molar-refractivity contribution >= 4 is 29.4 Å². The van der Waals surface area contributed by atoms with Crippen LogP contribution in [0.2, 0.25) is 0 Å². The van der Waals surface area contributed by atoms with Gasteiger partial charge >= 0.3 is 5.97 Å². The molecule has 3 aromatic rings. The molecule has 2 N–H and O–H groups in total. The van der Waals surface area contributed by atoms with Gasteiger partial charge in [-0.3, -0.25) is 24.1 Å². The van der Waals surface area contributed by atoms with Crippen LogP contribution >= 0.6 is 0 Å². The number of fused-ring (bicyclic) bond motifs is 1. The Morgan fingerprint density at radius 1 is 0.865 bits per heavy atom. The summed E-state index contributed by atoms with van der Waals surface area (Å²) in [5.74, 6) is -1.80. The number of carboxylic acid groups (broad SMARTS) is 1. The van der Waals surface area contributed by atoms with Crippen molar-refractivity contribution in [3.8, 4) is 5.75 Å². The molecule has 3 amide bonds. The molecule has 0 saturated heterocycles. The van der Waals surface area contributed by atoms with Crippen molar-refractivity contribution in [2.24, 2.45) is 0 Å². The van der Waals surface area contributed by atoms with E-state index in [0.29, 0.717) is 36.4 Å². The smallest absolute Gasteiger partial charge is 0.303 e. The van der Waals surface area contributed by atoms with Crippen molar-refractivity contribution in [3.05, 3.63) is 94.8 Å². The number of imide groups is 1. The maximum absolute atomic E-state index is 13.2. The Morgan fingerprint density at radius 2 is 1.54 bits per heavy atom. The van der Waals surface area contributed by atoms with Crippen molar-refractivity contribution in [3.63, 3.8) is 0 Å². The van der Waals surface area contributed by atoms with E-state index < -0.39 is 23.6 Å². The van der Waals surface area contributed by atoms with Gasteiger partial charge in [-0.2, -0.15) is 0 Å². The largest absolute Gasteiger partial charge is 0.494 e. The monoisotopic (exact) mass is 504 g/mol. The van der Waals surface area contributed by atoms with Crippen LogP contribution in [-0.2, 0) is 22.6 Å². The summed E-state index contributed by atoms with van der Waals surface area (Å²) in [6.07, 6.45) is 1.39. The number of hydrogen-bond donors (Lipinski definition) is 2. The lowest BCUT2D eigenvalue weighted by Gasteiger charge is -2.13. The van der Waals surface area contributed by atoms with Crippen LogP contribution in [0, 0.1) is 5.82 Å². The molecule has 1 aliphatic heterocycles. The third kappa shape index (κ3) is 6.58. The predicted molar refractivity (Wildman–Crippen MR) is 133 cm³/mol. The lowest BCUT2D eigenvalue weighted by atomic mass is 10.1. The molecule has 4 rings (SSSR count). The molecule has 1 aliphatic rings. The van der Waals surface area contributed by atoms with Crippen molar-refractivity contribution in [2.45, 2.75) is 32.2 Å². The number of ether oxygens (including phenoxy) is 1. The normalized spacial score (nSPS) is 12.4. The van der Waals surface area contributed by atoms with Gasteiger partial charge in [0.2, 0.25) is 5.91 Å². The molecular formula is C28H25FN2O6. The van der Waals surface area contributed by atoms with Gasteiger partial charge in [-0.05, 0) is 66.4 Å². The van der Waals surface area contributed by atoms with Gasteiger partial charge in [-0.25, -0.2) is 4.39 Å². The quantitative estimate of drug-likeness (QED) is 0.295. The van der Waals surface area contributed by atoms with E-state index in [0.717, 1.165) is 10.5 Å². The number of halogens is 1. The summed E-state index contributed by atoms with van der Waals surface area (Å²) >= 11 is 0. The van der Waals surface area contributed by atoms with E-state index in [1.165, 1.54) is 36.4 Å². The minimum absolute atomic E-state index is 0.0242. The second kappa shape index (κ2) is 11.5. The highest BCUT2D eigenvalue weighted by molar-refractivity contribution is 6.21. The molecule has 0 atom stereocenters. The molecule has 3 aromatic carbocycles. The van der Waals surface area contributed by atoms with E-state index in [1.807, 2.05) is 0 Å². The summed E-state index contributed by atoms with van der Waals surface area (Å²) in [4.78, 5) is 49.8. The van der Waals surface area contributed by atoms with Crippen LogP contribution < -0.4 is 10.1 Å². The van der Waals surface area contributed by atoms with Crippen LogP contribution in [-0.4, -0.2) is 40.3 Å². The first-order valence-corrected chi connectivity index (χ1v) is 11.8. The van der Waals surface area contributed by atoms with E-state index >= 15 is 0 Å². The second-order valence-corrected chi connectivity index (χ2v) is 8.65. The van der Waals surface area contributed by atoms with Gasteiger partial charge in [0.25, 0.3) is 11.8 Å². The van der Waals surface area contributed by atoms with Crippen molar-refractivity contribution in [2.75, 3.05) is 11.9 Å². The van der Waals surface area contributed by atoms with Crippen LogP contribution in [0.1, 0.15) is 51.1 Å². The third-order valence-corrected chi connectivity index (χ3v) is 5.85. The average Bonchev–Trinajstić information content (AvgIpc) is 3.10. The van der Waals surface area contributed by atoms with Gasteiger partial charge in [0.05, 0.1) is 30.7 Å². The summed E-state index contributed by atoms with van der Waals surface area (Å²) in [6.45, 7) is 0.435. The number of rotatable bonds is 11. The predicted octanol–water partition coefficient (Wildman–Crippen LogP) is 4.44. The topological polar surface area (TPSA) is 113 Å². The summed E-state index contributed by atoms with van der Waals surface area (Å²) in [5.41, 5.74) is 2.24. The van der Waals surface area contributed by atoms with Gasteiger partial charge in [-0.1, -0.05) is 24.3 Å². The molecule has 0 fully saturated rings. The first-order chi connectivity index (χ1) is 17.8. The van der Waals surface area contributed by atoms with Crippen LogP contribution in [0.4, 0.5) is 10.1 Å². The Kier molecular flexibility index (Phi) is 7.92. The average molecular weight is 505 g/mol. The minimum atomic E-state index is -0.827. The van der Waals surface area contributed by atoms with Gasteiger partial charge in [0, 0.05) is 12.1 Å². The molecule has 0 aliphatic carbocycles. The summed E-state index contributed by atoms with van der Waals surface area (Å²) < 4.78 is 18.7. The first-order valence-electron chi connectivity index (χ1n) is 11.8. The van der Waals surface area contributed by atoms with Crippen LogP contribution in [0.3, 0.4) is 0 Å². The fraction of sp³-hybridized carbons (Fsp3) is 0.214. The van der Waals surface area contributed by atoms with Gasteiger partial charge in [0.15, 0.2) is 0 Å². The maximum atomic E-state index is 13.2. The summed E-state index contributed by atoms with van der Waals surface area (Å²) in [6, 6.07) is 17.2. The Balaban J connectivity index is 1.31. The molecule has 0 bridgehead atoms. The second-order valence-electron chi connectivity index (χ2n) is 8.65. The number of unbranched alkanes of at least 4 members (excludes halogenated alkanes) is 1. The van der Waals surface area contributed by atoms with E-state index in [2.05, 4.69) is 5.32 Å². The molecule has 37 heavy (non-hydrogen) atoms. The number of carbonyl (C=O) groups excluding carboxylic acids is 3. The van der Waals surface area contributed by atoms with Crippen molar-refractivity contribution in [1.82, 2.24) is 4.90 Å². The number of amides is 3. The summed E-state index contributed by atoms with van der Waals surface area (Å²) in [7, 11) is 0. The van der Waals surface area contributed by atoms with E-state index in [1.54, 1.807) is 30.3 Å². The number of nitrogens with one attached hydrogen (secondary N) is 1. The lowest BCUT2D eigenvalue weighted by Crippen LogP contribution is -2.29. The van der Waals surface area contributed by atoms with Crippen LogP contribution in [0.25, 0.3) is 0 Å². The Labute approximate surface area is 212 Å². The lowest BCUT2D eigenvalue weighted by molar-refractivity contribution is -0.137. The zero-order chi connectivity index (χ0) is 26.4. The molecule has 0 spiro atoms. The standard InChI is InChI=1S/C28H25FN2O6/c29-20-8-4-19(5-9-20)17-31-27(35)23-13-10-21(16-24(23)28(31)36)30-25(32)15-18-6-11-22(12-7-18)37-14-2-1-3-26(33)34/h4-13,16H,1-3,14-15,17H2,(H,30,32)(H,33,34). The number of carbonyl (C=O) groups is 4. The number of hydrogen-bond acceptors (Lipinski definition) is 5. The zero-order valence-electron chi connectivity index (χ0n) is 19.9. The molecule has 9 heteroatoms. The Morgan fingerprint density at radius 3 is 2.24 bits per heavy atom. The van der Waals surface area contributed by atoms with Gasteiger partial charge in [0.1, 0.15) is 11.6 Å². The fourth-order valence-electron chi connectivity index (χ4n) is 3.95. The number of benzene rings is 3. The van der Waals surface area contributed by atoms with Gasteiger partial charge in [-0.15, -0.1) is 0 Å². The first kappa shape index (κ1) is 25.6. The molecule has 0 unspecified atom stereocenters. The van der Waals surface area contributed by atoms with E-state index in [4.69, 9.17) is 9.84 Å². The van der Waals surface area contributed by atoms with E-state index in [9.17, 15) is 23.6 Å². The molecule has 0 saturated carbocycles. The highest BCUT2D eigenvalue weighted by Crippen LogP contribution is 2.27. The molecule has 0 aromatic heterocycles. The minimum Gasteiger partial charge on any atom is -0.494 e. The summed E-state index contributed by atoms with van der Waals surface area (Å²) in [5, 5.41) is 11.4. The molecular weight excluding hydrogens is 479 g/mol. The number of nitrogens with zero attached hydrogens (tertiary/aromatic N) is 1. The molecule has 8 nitrogen and oxygen atoms in total. The third-order valence-electron chi connectivity index (χ3n) is 5.85. The van der Waals surface area contributed by atoms with Gasteiger partial charge < -0.3 is 15.2 Å². The number of carboxylic acids is 1. The highest BCUT2D eigenvalue weighted by atomic mass is 19.1. The number of anilines is 1. The zero-order valence-corrected chi connectivity index (χ0v) is 19.9. The number of aliphatic carboxylic acids is 1. The Bertz CT molecular complexity index is 1320. The highest BCUT2D eigenvalue weighted by Gasteiger charge is 2.35. The van der Waals surface area contributed by atoms with Crippen molar-refractivity contribution < 1.29 is 33.4 Å².